The number of aliphatic hydroxyl groups is 1. The van der Waals surface area contributed by atoms with Crippen LogP contribution in [0.1, 0.15) is 23.2 Å². The quantitative estimate of drug-likeness (QED) is 0.878. The lowest BCUT2D eigenvalue weighted by atomic mass is 9.91. The maximum absolute atomic E-state index is 12.8. The van der Waals surface area contributed by atoms with Crippen LogP contribution >= 0.6 is 0 Å². The predicted octanol–water partition coefficient (Wildman–Crippen LogP) is 1.20. The molecule has 0 radical (unpaired) electrons. The van der Waals surface area contributed by atoms with Gasteiger partial charge in [-0.1, -0.05) is 30.3 Å². The molecule has 0 spiro atoms. The van der Waals surface area contributed by atoms with E-state index in [1.807, 2.05) is 30.3 Å². The monoisotopic (exact) mass is 327 g/mol. The second kappa shape index (κ2) is 6.37. The summed E-state index contributed by atoms with van der Waals surface area (Å²) < 4.78 is 0. The number of piperidine rings is 1. The number of amides is 1. The lowest BCUT2D eigenvalue weighted by molar-refractivity contribution is -0.162. The maximum atomic E-state index is 12.8. The summed E-state index contributed by atoms with van der Waals surface area (Å²) in [6.45, 7) is 0.343. The van der Waals surface area contributed by atoms with Gasteiger partial charge in [0, 0.05) is 37.7 Å². The van der Waals surface area contributed by atoms with Crippen LogP contribution in [0.25, 0.3) is 11.3 Å². The minimum atomic E-state index is -1.76. The van der Waals surface area contributed by atoms with Gasteiger partial charge in [-0.05, 0) is 0 Å². The summed E-state index contributed by atoms with van der Waals surface area (Å²) in [7, 11) is 0. The van der Waals surface area contributed by atoms with E-state index in [-0.39, 0.29) is 31.8 Å². The molecule has 1 saturated heterocycles. The van der Waals surface area contributed by atoms with Crippen molar-refractivity contribution < 1.29 is 19.8 Å². The SMILES string of the molecule is O=C(c1cncnc1-c1ccccc1)N1CCC(O)(C(=O)O)CC1. The van der Waals surface area contributed by atoms with Gasteiger partial charge in [0.2, 0.25) is 0 Å². The molecule has 1 aliphatic heterocycles. The average molecular weight is 327 g/mol. The van der Waals surface area contributed by atoms with Crippen molar-refractivity contribution in [2.75, 3.05) is 13.1 Å². The van der Waals surface area contributed by atoms with Crippen LogP contribution in [0.4, 0.5) is 0 Å². The van der Waals surface area contributed by atoms with Crippen LogP contribution in [0.5, 0.6) is 0 Å². The number of carboxylic acids is 1. The first kappa shape index (κ1) is 16.1. The molecule has 7 heteroatoms. The number of carboxylic acid groups (broad SMARTS) is 1. The molecular weight excluding hydrogens is 310 g/mol. The Bertz CT molecular complexity index is 755. The van der Waals surface area contributed by atoms with Gasteiger partial charge in [-0.15, -0.1) is 0 Å². The molecule has 7 nitrogen and oxygen atoms in total. The highest BCUT2D eigenvalue weighted by Gasteiger charge is 2.40. The topological polar surface area (TPSA) is 104 Å². The number of likely N-dealkylation sites (tertiary alicyclic amines) is 1. The van der Waals surface area contributed by atoms with E-state index in [1.54, 1.807) is 0 Å². The van der Waals surface area contributed by atoms with Crippen LogP contribution in [-0.2, 0) is 4.79 Å². The van der Waals surface area contributed by atoms with E-state index in [2.05, 4.69) is 9.97 Å². The predicted molar refractivity (Wildman–Crippen MR) is 85.2 cm³/mol. The van der Waals surface area contributed by atoms with Gasteiger partial charge in [0.25, 0.3) is 5.91 Å². The molecular formula is C17H17N3O4. The summed E-state index contributed by atoms with van der Waals surface area (Å²) >= 11 is 0. The summed E-state index contributed by atoms with van der Waals surface area (Å²) in [5.41, 5.74) is -0.0480. The summed E-state index contributed by atoms with van der Waals surface area (Å²) in [5.74, 6) is -1.51. The summed E-state index contributed by atoms with van der Waals surface area (Å²) in [4.78, 5) is 33.6. The third-order valence-corrected chi connectivity index (χ3v) is 4.27. The Morgan fingerprint density at radius 3 is 2.42 bits per heavy atom. The minimum Gasteiger partial charge on any atom is -0.479 e. The Morgan fingerprint density at radius 1 is 1.12 bits per heavy atom. The van der Waals surface area contributed by atoms with Crippen molar-refractivity contribution in [1.82, 2.24) is 14.9 Å². The van der Waals surface area contributed by atoms with Gasteiger partial charge in [0.05, 0.1) is 11.3 Å². The number of aliphatic carboxylic acids is 1. The number of hydrogen-bond acceptors (Lipinski definition) is 5. The molecule has 2 heterocycles. The van der Waals surface area contributed by atoms with Crippen molar-refractivity contribution >= 4 is 11.9 Å². The van der Waals surface area contributed by atoms with E-state index in [1.165, 1.54) is 17.4 Å². The van der Waals surface area contributed by atoms with Gasteiger partial charge in [-0.2, -0.15) is 0 Å². The Kier molecular flexibility index (Phi) is 4.26. The number of carbonyl (C=O) groups excluding carboxylic acids is 1. The van der Waals surface area contributed by atoms with Crippen molar-refractivity contribution in [2.24, 2.45) is 0 Å². The van der Waals surface area contributed by atoms with E-state index in [9.17, 15) is 14.7 Å². The summed E-state index contributed by atoms with van der Waals surface area (Å²) in [5, 5.41) is 19.0. The Labute approximate surface area is 138 Å². The molecule has 0 saturated carbocycles. The number of carbonyl (C=O) groups is 2. The molecule has 0 unspecified atom stereocenters. The molecule has 3 rings (SSSR count). The van der Waals surface area contributed by atoms with Crippen LogP contribution < -0.4 is 0 Å². The Hall–Kier alpha value is -2.80. The van der Waals surface area contributed by atoms with Crippen LogP contribution in [0, 0.1) is 0 Å². The van der Waals surface area contributed by atoms with Gasteiger partial charge >= 0.3 is 5.97 Å². The molecule has 0 atom stereocenters. The highest BCUT2D eigenvalue weighted by atomic mass is 16.4. The van der Waals surface area contributed by atoms with E-state index in [4.69, 9.17) is 5.11 Å². The van der Waals surface area contributed by atoms with Gasteiger partial charge in [-0.25, -0.2) is 14.8 Å². The molecule has 2 N–H and O–H groups in total. The number of aromatic nitrogens is 2. The highest BCUT2D eigenvalue weighted by molar-refractivity contribution is 5.99. The van der Waals surface area contributed by atoms with E-state index >= 15 is 0 Å². The molecule has 0 bridgehead atoms. The molecule has 24 heavy (non-hydrogen) atoms. The second-order valence-electron chi connectivity index (χ2n) is 5.78. The molecule has 124 valence electrons. The van der Waals surface area contributed by atoms with Gasteiger partial charge in [-0.3, -0.25) is 4.79 Å². The first-order valence-electron chi connectivity index (χ1n) is 7.62. The lowest BCUT2D eigenvalue weighted by Crippen LogP contribution is -2.50. The number of hydrogen-bond donors (Lipinski definition) is 2. The van der Waals surface area contributed by atoms with E-state index in [0.717, 1.165) is 5.56 Å². The molecule has 1 amide bonds. The molecule has 2 aromatic rings. The van der Waals surface area contributed by atoms with Crippen molar-refractivity contribution in [2.45, 2.75) is 18.4 Å². The molecule has 1 fully saturated rings. The molecule has 1 aliphatic rings. The smallest absolute Gasteiger partial charge is 0.335 e. The van der Waals surface area contributed by atoms with Crippen molar-refractivity contribution in [3.63, 3.8) is 0 Å². The third kappa shape index (κ3) is 2.98. The first-order valence-corrected chi connectivity index (χ1v) is 7.62. The van der Waals surface area contributed by atoms with Crippen molar-refractivity contribution in [3.05, 3.63) is 48.4 Å². The normalized spacial score (nSPS) is 16.6. The zero-order chi connectivity index (χ0) is 17.2. The fraction of sp³-hybridized carbons (Fsp3) is 0.294. The Balaban J connectivity index is 1.84. The fourth-order valence-corrected chi connectivity index (χ4v) is 2.78. The fourth-order valence-electron chi connectivity index (χ4n) is 2.78. The van der Waals surface area contributed by atoms with E-state index < -0.39 is 11.6 Å². The van der Waals surface area contributed by atoms with Gasteiger partial charge < -0.3 is 15.1 Å². The number of nitrogens with zero attached hydrogens (tertiary/aromatic N) is 3. The maximum Gasteiger partial charge on any atom is 0.335 e. The number of rotatable bonds is 3. The molecule has 1 aromatic heterocycles. The second-order valence-corrected chi connectivity index (χ2v) is 5.78. The van der Waals surface area contributed by atoms with Crippen LogP contribution in [0.15, 0.2) is 42.9 Å². The van der Waals surface area contributed by atoms with Crippen LogP contribution in [-0.4, -0.2) is 55.6 Å². The van der Waals surface area contributed by atoms with Crippen molar-refractivity contribution in [3.8, 4) is 11.3 Å². The van der Waals surface area contributed by atoms with E-state index in [0.29, 0.717) is 11.3 Å². The first-order chi connectivity index (χ1) is 11.5. The Morgan fingerprint density at radius 2 is 1.79 bits per heavy atom. The largest absolute Gasteiger partial charge is 0.479 e. The average Bonchev–Trinajstić information content (AvgIpc) is 2.62. The number of benzene rings is 1. The molecule has 1 aromatic carbocycles. The standard InChI is InChI=1S/C17H17N3O4/c21-15(20-8-6-17(24,7-9-20)16(22)23)13-10-18-11-19-14(13)12-4-2-1-3-5-12/h1-5,10-11,24H,6-9H2,(H,22,23). The highest BCUT2D eigenvalue weighted by Crippen LogP contribution is 2.26. The minimum absolute atomic E-state index is 0.00242. The third-order valence-electron chi connectivity index (χ3n) is 4.27. The van der Waals surface area contributed by atoms with Gasteiger partial charge in [0.1, 0.15) is 6.33 Å². The zero-order valence-electron chi connectivity index (χ0n) is 12.9. The van der Waals surface area contributed by atoms with Crippen molar-refractivity contribution in [1.29, 1.82) is 0 Å². The van der Waals surface area contributed by atoms with Gasteiger partial charge in [0.15, 0.2) is 5.60 Å². The summed E-state index contributed by atoms with van der Waals surface area (Å²) in [6.07, 6.45) is 2.86. The van der Waals surface area contributed by atoms with Crippen LogP contribution in [0.3, 0.4) is 0 Å². The lowest BCUT2D eigenvalue weighted by Gasteiger charge is -2.35. The van der Waals surface area contributed by atoms with Crippen LogP contribution in [0.2, 0.25) is 0 Å². The molecule has 0 aliphatic carbocycles. The summed E-state index contributed by atoms with van der Waals surface area (Å²) in [6, 6.07) is 9.32. The zero-order valence-corrected chi connectivity index (χ0v) is 12.9.